The maximum atomic E-state index is 5.60. The van der Waals surface area contributed by atoms with E-state index in [1.807, 2.05) is 7.05 Å². The van der Waals surface area contributed by atoms with Crippen LogP contribution < -0.4 is 10.1 Å². The van der Waals surface area contributed by atoms with Crippen LogP contribution >= 0.6 is 0 Å². The summed E-state index contributed by atoms with van der Waals surface area (Å²) >= 11 is 0. The van der Waals surface area contributed by atoms with Gasteiger partial charge in [-0.25, -0.2) is 0 Å². The van der Waals surface area contributed by atoms with Crippen molar-refractivity contribution in [3.8, 4) is 5.75 Å². The minimum atomic E-state index is 0.586. The number of rotatable bonds is 6. The maximum absolute atomic E-state index is 5.60. The second kappa shape index (κ2) is 6.46. The van der Waals surface area contributed by atoms with Gasteiger partial charge in [-0.2, -0.15) is 0 Å². The number of nitrogens with one attached hydrogen (secondary N) is 1. The van der Waals surface area contributed by atoms with Crippen LogP contribution in [0.15, 0.2) is 24.3 Å². The lowest BCUT2D eigenvalue weighted by molar-refractivity contribution is 0.309. The molecule has 0 aliphatic carbocycles. The normalized spacial score (nSPS) is 10.7. The molecular weight excluding hydrogens is 186 g/mol. The van der Waals surface area contributed by atoms with Crippen molar-refractivity contribution in [2.24, 2.45) is 0 Å². The molecule has 2 heteroatoms. The van der Waals surface area contributed by atoms with Gasteiger partial charge in [0, 0.05) is 0 Å². The van der Waals surface area contributed by atoms with Crippen LogP contribution in [0.5, 0.6) is 5.75 Å². The van der Waals surface area contributed by atoms with Crippen molar-refractivity contribution in [3.05, 3.63) is 29.8 Å². The van der Waals surface area contributed by atoms with E-state index in [4.69, 9.17) is 4.74 Å². The van der Waals surface area contributed by atoms with E-state index in [1.165, 1.54) is 5.56 Å². The summed E-state index contributed by atoms with van der Waals surface area (Å²) in [6.07, 6.45) is 1.04. The smallest absolute Gasteiger partial charge is 0.119 e. The average Bonchev–Trinajstić information content (AvgIpc) is 2.25. The fourth-order valence-electron chi connectivity index (χ4n) is 1.39. The highest BCUT2D eigenvalue weighted by Crippen LogP contribution is 2.18. The fraction of sp³-hybridized carbons (Fsp3) is 0.538. The summed E-state index contributed by atoms with van der Waals surface area (Å²) in [6.45, 7) is 6.18. The molecule has 0 aliphatic heterocycles. The highest BCUT2D eigenvalue weighted by Gasteiger charge is 1.98. The minimum Gasteiger partial charge on any atom is -0.494 e. The molecule has 1 aromatic carbocycles. The molecule has 0 aromatic heterocycles. The Morgan fingerprint density at radius 1 is 1.20 bits per heavy atom. The lowest BCUT2D eigenvalue weighted by atomic mass is 10.0. The molecule has 0 radical (unpaired) electrons. The number of hydrogen-bond donors (Lipinski definition) is 1. The van der Waals surface area contributed by atoms with Crippen molar-refractivity contribution in [2.75, 3.05) is 20.2 Å². The predicted octanol–water partition coefficient (Wildman–Crippen LogP) is 2.80. The van der Waals surface area contributed by atoms with Crippen molar-refractivity contribution in [1.29, 1.82) is 0 Å². The molecule has 0 heterocycles. The van der Waals surface area contributed by atoms with Crippen molar-refractivity contribution in [2.45, 2.75) is 26.2 Å². The van der Waals surface area contributed by atoms with Gasteiger partial charge in [-0.3, -0.25) is 0 Å². The molecule has 2 nitrogen and oxygen atoms in total. The molecule has 0 spiro atoms. The second-order valence-corrected chi connectivity index (χ2v) is 4.03. The van der Waals surface area contributed by atoms with Gasteiger partial charge < -0.3 is 10.1 Å². The molecule has 0 saturated heterocycles. The predicted molar refractivity (Wildman–Crippen MR) is 64.6 cm³/mol. The number of ether oxygens (including phenoxy) is 1. The monoisotopic (exact) mass is 207 g/mol. The van der Waals surface area contributed by atoms with Gasteiger partial charge in [0.1, 0.15) is 5.75 Å². The zero-order valence-corrected chi connectivity index (χ0v) is 9.92. The SMILES string of the molecule is CNCCCOc1ccc(C(C)C)cc1. The van der Waals surface area contributed by atoms with Crippen molar-refractivity contribution < 1.29 is 4.74 Å². The van der Waals surface area contributed by atoms with E-state index >= 15 is 0 Å². The second-order valence-electron chi connectivity index (χ2n) is 4.03. The molecule has 0 amide bonds. The Hall–Kier alpha value is -1.02. The Labute approximate surface area is 92.6 Å². The van der Waals surface area contributed by atoms with Gasteiger partial charge in [0.15, 0.2) is 0 Å². The quantitative estimate of drug-likeness (QED) is 0.724. The van der Waals surface area contributed by atoms with Gasteiger partial charge in [0.2, 0.25) is 0 Å². The topological polar surface area (TPSA) is 21.3 Å². The van der Waals surface area contributed by atoms with Crippen LogP contribution in [0.3, 0.4) is 0 Å². The molecule has 0 saturated carbocycles. The summed E-state index contributed by atoms with van der Waals surface area (Å²) in [5.41, 5.74) is 1.36. The number of benzene rings is 1. The standard InChI is InChI=1S/C13H21NO/c1-11(2)12-5-7-13(8-6-12)15-10-4-9-14-3/h5-8,11,14H,4,9-10H2,1-3H3. The van der Waals surface area contributed by atoms with Gasteiger partial charge in [-0.05, 0) is 43.6 Å². The van der Waals surface area contributed by atoms with E-state index < -0.39 is 0 Å². The summed E-state index contributed by atoms with van der Waals surface area (Å²) in [7, 11) is 1.96. The molecule has 0 bridgehead atoms. The number of hydrogen-bond acceptors (Lipinski definition) is 2. The van der Waals surface area contributed by atoms with Gasteiger partial charge in [0.25, 0.3) is 0 Å². The van der Waals surface area contributed by atoms with E-state index in [2.05, 4.69) is 43.4 Å². The molecule has 1 aromatic rings. The molecule has 0 fully saturated rings. The first kappa shape index (κ1) is 12.1. The summed E-state index contributed by atoms with van der Waals surface area (Å²) in [4.78, 5) is 0. The summed E-state index contributed by atoms with van der Waals surface area (Å²) in [5.74, 6) is 1.55. The third-order valence-electron chi connectivity index (χ3n) is 2.39. The first-order chi connectivity index (χ1) is 7.24. The Morgan fingerprint density at radius 3 is 2.40 bits per heavy atom. The Kier molecular flexibility index (Phi) is 5.19. The third-order valence-corrected chi connectivity index (χ3v) is 2.39. The lowest BCUT2D eigenvalue weighted by Crippen LogP contribution is -2.11. The molecule has 84 valence electrons. The van der Waals surface area contributed by atoms with Crippen LogP contribution in [0.2, 0.25) is 0 Å². The Morgan fingerprint density at radius 2 is 1.87 bits per heavy atom. The maximum Gasteiger partial charge on any atom is 0.119 e. The van der Waals surface area contributed by atoms with Crippen molar-refractivity contribution >= 4 is 0 Å². The molecule has 1 N–H and O–H groups in total. The summed E-state index contributed by atoms with van der Waals surface area (Å²) in [5, 5.41) is 3.10. The third kappa shape index (κ3) is 4.34. The zero-order valence-electron chi connectivity index (χ0n) is 9.92. The highest BCUT2D eigenvalue weighted by atomic mass is 16.5. The van der Waals surface area contributed by atoms with Crippen LogP contribution in [0, 0.1) is 0 Å². The lowest BCUT2D eigenvalue weighted by Gasteiger charge is -2.08. The molecule has 1 rings (SSSR count). The van der Waals surface area contributed by atoms with Gasteiger partial charge in [-0.15, -0.1) is 0 Å². The Bertz CT molecular complexity index is 266. The van der Waals surface area contributed by atoms with Crippen LogP contribution in [0.25, 0.3) is 0 Å². The first-order valence-electron chi connectivity index (χ1n) is 5.61. The van der Waals surface area contributed by atoms with Crippen LogP contribution in [0.4, 0.5) is 0 Å². The first-order valence-corrected chi connectivity index (χ1v) is 5.61. The van der Waals surface area contributed by atoms with Gasteiger partial charge in [-0.1, -0.05) is 26.0 Å². The summed E-state index contributed by atoms with van der Waals surface area (Å²) in [6, 6.07) is 8.37. The van der Waals surface area contributed by atoms with E-state index in [1.54, 1.807) is 0 Å². The van der Waals surface area contributed by atoms with Gasteiger partial charge in [0.05, 0.1) is 6.61 Å². The molecule has 0 aliphatic rings. The average molecular weight is 207 g/mol. The van der Waals surface area contributed by atoms with Crippen molar-refractivity contribution in [1.82, 2.24) is 5.32 Å². The van der Waals surface area contributed by atoms with Gasteiger partial charge >= 0.3 is 0 Å². The zero-order chi connectivity index (χ0) is 11.1. The molecular formula is C13H21NO. The van der Waals surface area contributed by atoms with Crippen LogP contribution in [-0.2, 0) is 0 Å². The van der Waals surface area contributed by atoms with Crippen molar-refractivity contribution in [3.63, 3.8) is 0 Å². The summed E-state index contributed by atoms with van der Waals surface area (Å²) < 4.78 is 5.60. The fourth-order valence-corrected chi connectivity index (χ4v) is 1.39. The highest BCUT2D eigenvalue weighted by molar-refractivity contribution is 5.28. The molecule has 0 atom stereocenters. The largest absolute Gasteiger partial charge is 0.494 e. The van der Waals surface area contributed by atoms with E-state index in [-0.39, 0.29) is 0 Å². The van der Waals surface area contributed by atoms with Crippen LogP contribution in [-0.4, -0.2) is 20.2 Å². The molecule has 15 heavy (non-hydrogen) atoms. The van der Waals surface area contributed by atoms with E-state index in [0.29, 0.717) is 5.92 Å². The van der Waals surface area contributed by atoms with E-state index in [0.717, 1.165) is 25.3 Å². The Balaban J connectivity index is 2.36. The van der Waals surface area contributed by atoms with E-state index in [9.17, 15) is 0 Å². The minimum absolute atomic E-state index is 0.586. The van der Waals surface area contributed by atoms with Crippen LogP contribution in [0.1, 0.15) is 31.7 Å². The molecule has 0 unspecified atom stereocenters.